The van der Waals surface area contributed by atoms with Crippen molar-refractivity contribution < 1.29 is 0 Å². The van der Waals surface area contributed by atoms with Gasteiger partial charge < -0.3 is 10.6 Å². The Balaban J connectivity index is 2.00. The molecule has 0 amide bonds. The van der Waals surface area contributed by atoms with E-state index in [-0.39, 0.29) is 6.04 Å². The molecule has 0 fully saturated rings. The lowest BCUT2D eigenvalue weighted by Crippen LogP contribution is -2.36. The predicted octanol–water partition coefficient (Wildman–Crippen LogP) is 3.94. The SMILES string of the molecule is Cc1cc(C)cc(C2CN=C(N)N2c2ccc(Br)cc2)c1. The number of benzene rings is 2. The van der Waals surface area contributed by atoms with Gasteiger partial charge in [-0.2, -0.15) is 0 Å². The quantitative estimate of drug-likeness (QED) is 0.897. The molecule has 0 radical (unpaired) electrons. The first-order valence-electron chi connectivity index (χ1n) is 6.97. The number of hydrogen-bond acceptors (Lipinski definition) is 3. The molecule has 3 nitrogen and oxygen atoms in total. The maximum absolute atomic E-state index is 6.12. The van der Waals surface area contributed by atoms with Crippen molar-refractivity contribution in [2.45, 2.75) is 19.9 Å². The summed E-state index contributed by atoms with van der Waals surface area (Å²) >= 11 is 3.47. The van der Waals surface area contributed by atoms with Crippen LogP contribution in [0.5, 0.6) is 0 Å². The van der Waals surface area contributed by atoms with E-state index in [9.17, 15) is 0 Å². The largest absolute Gasteiger partial charge is 0.369 e. The van der Waals surface area contributed by atoms with Crippen LogP contribution in [0.25, 0.3) is 0 Å². The number of nitrogens with zero attached hydrogens (tertiary/aromatic N) is 2. The van der Waals surface area contributed by atoms with Gasteiger partial charge in [-0.15, -0.1) is 0 Å². The van der Waals surface area contributed by atoms with Crippen molar-refractivity contribution in [2.75, 3.05) is 11.4 Å². The fraction of sp³-hybridized carbons (Fsp3) is 0.235. The highest BCUT2D eigenvalue weighted by Crippen LogP contribution is 2.32. The van der Waals surface area contributed by atoms with Crippen LogP contribution in [0.1, 0.15) is 22.7 Å². The molecule has 0 spiro atoms. The Morgan fingerprint density at radius 1 is 1.10 bits per heavy atom. The second-order valence-electron chi connectivity index (χ2n) is 5.48. The Morgan fingerprint density at radius 3 is 2.33 bits per heavy atom. The van der Waals surface area contributed by atoms with Crippen LogP contribution in [0, 0.1) is 13.8 Å². The van der Waals surface area contributed by atoms with Crippen molar-refractivity contribution in [1.29, 1.82) is 0 Å². The molecule has 2 aromatic rings. The average Bonchev–Trinajstić information content (AvgIpc) is 2.80. The van der Waals surface area contributed by atoms with E-state index in [1.807, 2.05) is 12.1 Å². The summed E-state index contributed by atoms with van der Waals surface area (Å²) in [6.45, 7) is 4.95. The van der Waals surface area contributed by atoms with E-state index in [1.165, 1.54) is 16.7 Å². The number of anilines is 1. The Labute approximate surface area is 133 Å². The highest BCUT2D eigenvalue weighted by Gasteiger charge is 2.28. The van der Waals surface area contributed by atoms with Crippen molar-refractivity contribution >= 4 is 27.6 Å². The monoisotopic (exact) mass is 343 g/mol. The predicted molar refractivity (Wildman–Crippen MR) is 91.8 cm³/mol. The number of aryl methyl sites for hydroxylation is 2. The minimum atomic E-state index is 0.171. The highest BCUT2D eigenvalue weighted by atomic mass is 79.9. The molecule has 0 saturated heterocycles. The standard InChI is InChI=1S/C17H18BrN3/c1-11-7-12(2)9-13(8-11)16-10-20-17(19)21(16)15-5-3-14(18)4-6-15/h3-9,16H,10H2,1-2H3,(H2,19,20). The maximum Gasteiger partial charge on any atom is 0.196 e. The molecule has 1 aliphatic heterocycles. The number of guanidine groups is 1. The molecule has 0 aromatic heterocycles. The van der Waals surface area contributed by atoms with E-state index < -0.39 is 0 Å². The minimum absolute atomic E-state index is 0.171. The molecule has 1 heterocycles. The molecule has 1 unspecified atom stereocenters. The van der Waals surface area contributed by atoms with Gasteiger partial charge in [0, 0.05) is 10.2 Å². The minimum Gasteiger partial charge on any atom is -0.369 e. The molecule has 0 aliphatic carbocycles. The summed E-state index contributed by atoms with van der Waals surface area (Å²) in [5.74, 6) is 0.585. The lowest BCUT2D eigenvalue weighted by molar-refractivity contribution is 0.767. The van der Waals surface area contributed by atoms with Crippen LogP contribution in [-0.2, 0) is 0 Å². The molecule has 0 saturated carbocycles. The van der Waals surface area contributed by atoms with Gasteiger partial charge in [-0.05, 0) is 43.7 Å². The van der Waals surface area contributed by atoms with Gasteiger partial charge in [-0.1, -0.05) is 45.3 Å². The van der Waals surface area contributed by atoms with Crippen LogP contribution in [0.4, 0.5) is 5.69 Å². The van der Waals surface area contributed by atoms with E-state index in [4.69, 9.17) is 5.73 Å². The van der Waals surface area contributed by atoms with Crippen molar-refractivity contribution in [1.82, 2.24) is 0 Å². The van der Waals surface area contributed by atoms with E-state index >= 15 is 0 Å². The summed E-state index contributed by atoms with van der Waals surface area (Å²) in [5.41, 5.74) is 11.0. The van der Waals surface area contributed by atoms with Gasteiger partial charge in [0.05, 0.1) is 12.6 Å². The van der Waals surface area contributed by atoms with Gasteiger partial charge in [-0.3, -0.25) is 4.99 Å². The molecule has 1 aliphatic rings. The number of rotatable bonds is 2. The Morgan fingerprint density at radius 2 is 1.71 bits per heavy atom. The molecule has 4 heteroatoms. The highest BCUT2D eigenvalue weighted by molar-refractivity contribution is 9.10. The summed E-state index contributed by atoms with van der Waals surface area (Å²) in [5, 5.41) is 0. The summed E-state index contributed by atoms with van der Waals surface area (Å²) in [6.07, 6.45) is 0. The fourth-order valence-electron chi connectivity index (χ4n) is 2.87. The molecule has 0 bridgehead atoms. The average molecular weight is 344 g/mol. The lowest BCUT2D eigenvalue weighted by atomic mass is 10.0. The zero-order chi connectivity index (χ0) is 15.0. The zero-order valence-corrected chi connectivity index (χ0v) is 13.8. The summed E-state index contributed by atoms with van der Waals surface area (Å²) < 4.78 is 1.06. The molecular weight excluding hydrogens is 326 g/mol. The second-order valence-corrected chi connectivity index (χ2v) is 6.40. The fourth-order valence-corrected chi connectivity index (χ4v) is 3.13. The first-order valence-corrected chi connectivity index (χ1v) is 7.77. The van der Waals surface area contributed by atoms with Crippen LogP contribution in [0.2, 0.25) is 0 Å². The molecule has 3 rings (SSSR count). The molecule has 2 N–H and O–H groups in total. The van der Waals surface area contributed by atoms with Gasteiger partial charge in [0.2, 0.25) is 0 Å². The van der Waals surface area contributed by atoms with Crippen LogP contribution in [0.3, 0.4) is 0 Å². The summed E-state index contributed by atoms with van der Waals surface area (Å²) in [4.78, 5) is 6.55. The third kappa shape index (κ3) is 2.81. The molecule has 2 aromatic carbocycles. The third-order valence-corrected chi connectivity index (χ3v) is 4.25. The smallest absolute Gasteiger partial charge is 0.196 e. The number of nitrogens with two attached hydrogens (primary N) is 1. The van der Waals surface area contributed by atoms with Gasteiger partial charge in [0.1, 0.15) is 0 Å². The lowest BCUT2D eigenvalue weighted by Gasteiger charge is -2.27. The Hall–Kier alpha value is -1.81. The summed E-state index contributed by atoms with van der Waals surface area (Å²) in [7, 11) is 0. The van der Waals surface area contributed by atoms with Crippen LogP contribution in [-0.4, -0.2) is 12.5 Å². The van der Waals surface area contributed by atoms with Gasteiger partial charge >= 0.3 is 0 Å². The second kappa shape index (κ2) is 5.53. The number of halogens is 1. The first-order chi connectivity index (χ1) is 10.0. The van der Waals surface area contributed by atoms with Crippen molar-refractivity contribution in [3.63, 3.8) is 0 Å². The van der Waals surface area contributed by atoms with E-state index in [0.29, 0.717) is 12.5 Å². The van der Waals surface area contributed by atoms with E-state index in [1.54, 1.807) is 0 Å². The van der Waals surface area contributed by atoms with Crippen molar-refractivity contribution in [3.05, 3.63) is 63.6 Å². The van der Waals surface area contributed by atoms with Crippen molar-refractivity contribution in [3.8, 4) is 0 Å². The molecule has 108 valence electrons. The first kappa shape index (κ1) is 14.1. The Kier molecular flexibility index (Phi) is 3.72. The summed E-state index contributed by atoms with van der Waals surface area (Å²) in [6, 6.07) is 15.0. The van der Waals surface area contributed by atoms with E-state index in [2.05, 4.69) is 70.0 Å². The van der Waals surface area contributed by atoms with Crippen LogP contribution in [0.15, 0.2) is 51.9 Å². The van der Waals surface area contributed by atoms with Crippen molar-refractivity contribution in [2.24, 2.45) is 10.7 Å². The van der Waals surface area contributed by atoms with Gasteiger partial charge in [0.25, 0.3) is 0 Å². The van der Waals surface area contributed by atoms with E-state index in [0.717, 1.165) is 10.2 Å². The normalized spacial score (nSPS) is 18.0. The molecule has 1 atom stereocenters. The zero-order valence-electron chi connectivity index (χ0n) is 12.2. The molecule has 21 heavy (non-hydrogen) atoms. The number of aliphatic imine (C=N–C) groups is 1. The van der Waals surface area contributed by atoms with Crippen LogP contribution < -0.4 is 10.6 Å². The van der Waals surface area contributed by atoms with Crippen LogP contribution >= 0.6 is 15.9 Å². The molecular formula is C17H18BrN3. The number of hydrogen-bond donors (Lipinski definition) is 1. The maximum atomic E-state index is 6.12. The van der Waals surface area contributed by atoms with Gasteiger partial charge in [-0.25, -0.2) is 0 Å². The topological polar surface area (TPSA) is 41.6 Å². The Bertz CT molecular complexity index is 671. The third-order valence-electron chi connectivity index (χ3n) is 3.72. The van der Waals surface area contributed by atoms with Gasteiger partial charge in [0.15, 0.2) is 5.96 Å².